The molecule has 22 heteroatoms. The predicted octanol–water partition coefficient (Wildman–Crippen LogP) is -14.4. The molecule has 1 fully saturated rings. The van der Waals surface area contributed by atoms with E-state index in [0.717, 1.165) is 0 Å². The fraction of sp³-hybridized carbons (Fsp3) is 0.500. The summed E-state index contributed by atoms with van der Waals surface area (Å²) in [6.45, 7) is -0.651. The molecule has 0 aliphatic carbocycles. The van der Waals surface area contributed by atoms with Crippen molar-refractivity contribution >= 4 is 32.8 Å². The van der Waals surface area contributed by atoms with Crippen molar-refractivity contribution in [1.82, 2.24) is 19.5 Å². The van der Waals surface area contributed by atoms with Gasteiger partial charge in [-0.1, -0.05) is 0 Å². The molecule has 2 aromatic heterocycles. The van der Waals surface area contributed by atoms with Crippen LogP contribution in [0.2, 0.25) is 0 Å². The van der Waals surface area contributed by atoms with Crippen molar-refractivity contribution in [3.05, 3.63) is 16.7 Å². The van der Waals surface area contributed by atoms with Crippen LogP contribution in [0.1, 0.15) is 6.23 Å². The van der Waals surface area contributed by atoms with Crippen molar-refractivity contribution < 1.29 is 164 Å². The van der Waals surface area contributed by atoms with E-state index < -0.39 is 52.4 Å². The number of H-pyrrole nitrogens is 1. The second-order valence-corrected chi connectivity index (χ2v) is 7.69. The van der Waals surface area contributed by atoms with Gasteiger partial charge in [-0.15, -0.1) is 0 Å². The SMILES string of the molecule is Nc1nc2c(ncn2[C@@H]2O[C@H](COP(=O)(O)O)[C@@H](O)[C@H]2O)c(=O)[nH]1.O=P([O-])([O-])[O-].[K+].[Na+].[Na+]. The molecule has 3 rings (SSSR count). The number of ether oxygens (including phenoxy) is 1. The van der Waals surface area contributed by atoms with Crippen molar-refractivity contribution in [2.24, 2.45) is 0 Å². The van der Waals surface area contributed by atoms with Crippen molar-refractivity contribution in [3.8, 4) is 0 Å². The largest absolute Gasteiger partial charge is 1.00 e. The van der Waals surface area contributed by atoms with Gasteiger partial charge in [-0.2, -0.15) is 12.8 Å². The number of hydrogen-bond acceptors (Lipinski definition) is 13. The van der Waals surface area contributed by atoms with Crippen molar-refractivity contribution in [2.45, 2.75) is 24.5 Å². The van der Waals surface area contributed by atoms with Gasteiger partial charge in [0, 0.05) is 0 Å². The number of nitrogens with two attached hydrogens (primary N) is 1. The molecule has 0 spiro atoms. The molecule has 0 radical (unpaired) electrons. The van der Waals surface area contributed by atoms with Gasteiger partial charge in [0.05, 0.1) is 12.9 Å². The third-order valence-electron chi connectivity index (χ3n) is 3.47. The molecule has 0 amide bonds. The Morgan fingerprint density at radius 1 is 1.22 bits per heavy atom. The molecular formula is C10H14KN5Na2O12P2. The summed E-state index contributed by atoms with van der Waals surface area (Å²) >= 11 is 0. The van der Waals surface area contributed by atoms with Gasteiger partial charge in [-0.05, 0) is 0 Å². The number of anilines is 1. The monoisotopic (exact) mass is 543 g/mol. The summed E-state index contributed by atoms with van der Waals surface area (Å²) in [7, 11) is -10.2. The Balaban J connectivity index is 0. The second kappa shape index (κ2) is 14.6. The van der Waals surface area contributed by atoms with E-state index in [2.05, 4.69) is 19.5 Å². The Morgan fingerprint density at radius 2 is 1.75 bits per heavy atom. The minimum absolute atomic E-state index is 0. The number of aliphatic hydroxyl groups is 2. The van der Waals surface area contributed by atoms with E-state index in [0.29, 0.717) is 0 Å². The maximum atomic E-state index is 11.7. The first-order valence-corrected chi connectivity index (χ1v) is 10.3. The molecule has 0 saturated carbocycles. The van der Waals surface area contributed by atoms with Gasteiger partial charge >= 0.3 is 118 Å². The number of aromatic nitrogens is 4. The van der Waals surface area contributed by atoms with Crippen LogP contribution in [-0.4, -0.2) is 64.4 Å². The molecule has 164 valence electrons. The Labute approximate surface area is 265 Å². The molecule has 1 aliphatic rings. The van der Waals surface area contributed by atoms with Crippen molar-refractivity contribution in [2.75, 3.05) is 12.3 Å². The van der Waals surface area contributed by atoms with Crippen molar-refractivity contribution in [3.63, 3.8) is 0 Å². The Kier molecular flexibility index (Phi) is 16.4. The van der Waals surface area contributed by atoms with Crippen LogP contribution in [-0.2, 0) is 18.4 Å². The first kappa shape index (κ1) is 36.0. The third-order valence-corrected chi connectivity index (χ3v) is 3.95. The van der Waals surface area contributed by atoms with Gasteiger partial charge in [0.15, 0.2) is 17.4 Å². The van der Waals surface area contributed by atoms with Crippen LogP contribution in [0, 0.1) is 0 Å². The topological polar surface area (TPSA) is 292 Å². The van der Waals surface area contributed by atoms with E-state index in [9.17, 15) is 19.6 Å². The number of nitrogens with one attached hydrogen (secondary N) is 1. The second-order valence-electron chi connectivity index (χ2n) is 5.56. The number of fused-ring (bicyclic) bond motifs is 1. The van der Waals surface area contributed by atoms with Gasteiger partial charge < -0.3 is 49.7 Å². The van der Waals surface area contributed by atoms with E-state index >= 15 is 0 Å². The predicted molar refractivity (Wildman–Crippen MR) is 84.1 cm³/mol. The van der Waals surface area contributed by atoms with Gasteiger partial charge in [0.1, 0.15) is 18.3 Å². The van der Waals surface area contributed by atoms with Gasteiger partial charge in [0.2, 0.25) is 5.95 Å². The van der Waals surface area contributed by atoms with E-state index in [1.54, 1.807) is 0 Å². The fourth-order valence-electron chi connectivity index (χ4n) is 2.40. The summed E-state index contributed by atoms with van der Waals surface area (Å²) in [5, 5.41) is 20.1. The first-order chi connectivity index (χ1) is 13.2. The number of imidazole rings is 1. The minimum atomic E-state index is -5.39. The minimum Gasteiger partial charge on any atom is -0.822 e. The molecule has 32 heavy (non-hydrogen) atoms. The molecule has 1 saturated heterocycles. The number of aliphatic hydroxyl groups excluding tert-OH is 2. The Hall–Kier alpha value is 1.89. The average molecular weight is 543 g/mol. The standard InChI is InChI=1S/C10H14N5O8P.K.2Na.H3O4P/c11-10-13-7-4(8(18)14-10)12-2-15(7)9-6(17)5(16)3(23-9)1-22-24(19,20)21;;;;1-5(2,3)4/h2-3,5-6,9,16-17H,1H2,(H2,19,20,21)(H3,11,13,14,18);;;;(H3,1,2,3,4)/q;3*+1;/p-3/t3-,5-,6-,9-;;;;/m1..../s1. The molecule has 17 nitrogen and oxygen atoms in total. The molecule has 7 N–H and O–H groups in total. The smallest absolute Gasteiger partial charge is 0.822 e. The van der Waals surface area contributed by atoms with E-state index in [4.69, 9.17) is 39.5 Å². The number of phosphoric ester groups is 1. The molecule has 1 aliphatic heterocycles. The zero-order valence-corrected chi connectivity index (χ0v) is 25.9. The maximum Gasteiger partial charge on any atom is 1.00 e. The van der Waals surface area contributed by atoms with Crippen LogP contribution in [0.3, 0.4) is 0 Å². The quantitative estimate of drug-likeness (QED) is 0.154. The van der Waals surface area contributed by atoms with Gasteiger partial charge in [-0.3, -0.25) is 18.9 Å². The summed E-state index contributed by atoms with van der Waals surface area (Å²) in [4.78, 5) is 64.8. The number of hydrogen-bond donors (Lipinski definition) is 6. The van der Waals surface area contributed by atoms with Gasteiger partial charge in [-0.25, -0.2) is 9.55 Å². The number of nitrogen functional groups attached to an aromatic ring is 1. The third kappa shape index (κ3) is 10.9. The summed E-state index contributed by atoms with van der Waals surface area (Å²) < 4.78 is 30.1. The van der Waals surface area contributed by atoms with Gasteiger partial charge in [0.25, 0.3) is 5.56 Å². The molecule has 0 unspecified atom stereocenters. The molecular weight excluding hydrogens is 529 g/mol. The van der Waals surface area contributed by atoms with Crippen LogP contribution < -0.4 is 136 Å². The van der Waals surface area contributed by atoms with E-state index in [-0.39, 0.29) is 128 Å². The van der Waals surface area contributed by atoms with Crippen LogP contribution in [0.25, 0.3) is 11.2 Å². The molecule has 0 aromatic carbocycles. The number of rotatable bonds is 4. The zero-order chi connectivity index (χ0) is 22.1. The normalized spacial score (nSPS) is 22.7. The van der Waals surface area contributed by atoms with E-state index in [1.165, 1.54) is 10.9 Å². The summed E-state index contributed by atoms with van der Waals surface area (Å²) in [6, 6.07) is 0. The number of nitrogens with zero attached hydrogens (tertiary/aromatic N) is 3. The Bertz CT molecular complexity index is 1020. The first-order valence-electron chi connectivity index (χ1n) is 7.34. The number of phosphoric acid groups is 2. The van der Waals surface area contributed by atoms with Crippen LogP contribution >= 0.6 is 15.6 Å². The van der Waals surface area contributed by atoms with Crippen molar-refractivity contribution in [1.29, 1.82) is 0 Å². The average Bonchev–Trinajstić information content (AvgIpc) is 3.06. The fourth-order valence-corrected chi connectivity index (χ4v) is 2.74. The number of aromatic amines is 1. The summed E-state index contributed by atoms with van der Waals surface area (Å²) in [5.41, 5.74) is 4.84. The zero-order valence-electron chi connectivity index (χ0n) is 17.0. The summed E-state index contributed by atoms with van der Waals surface area (Å²) in [6.07, 6.45) is -4.22. The van der Waals surface area contributed by atoms with Crippen LogP contribution in [0.15, 0.2) is 11.1 Å². The maximum absolute atomic E-state index is 11.7. The molecule has 2 aromatic rings. The van der Waals surface area contributed by atoms with Crippen LogP contribution in [0.4, 0.5) is 5.95 Å². The molecule has 4 atom stereocenters. The van der Waals surface area contributed by atoms with Crippen LogP contribution in [0.5, 0.6) is 0 Å². The summed E-state index contributed by atoms with van der Waals surface area (Å²) in [5.74, 6) is -0.177. The van der Waals surface area contributed by atoms with E-state index in [1.807, 2.05) is 0 Å². The molecule has 3 heterocycles. The Morgan fingerprint density at radius 3 is 2.25 bits per heavy atom. The molecule has 0 bridgehead atoms.